The fourth-order valence-corrected chi connectivity index (χ4v) is 7.87. The van der Waals surface area contributed by atoms with Crippen molar-refractivity contribution in [2.24, 2.45) is 0 Å². The minimum absolute atomic E-state index is 0.0845. The SMILES string of the molecule is O=C(c1ccc(Cl)cc1)c1cccc(C(=O)c2ccc(Oc3ccc(C(c4ccc(Oc5ccc(C(=O)c6cccc(C(=O)c7ccc(Cl)cc7)c6)cc5)cc4)(C(F)(F)F)C(F)(F)F)cc3)cc2)c1. The second-order valence-corrected chi connectivity index (χ2v) is 16.4. The summed E-state index contributed by atoms with van der Waals surface area (Å²) in [6, 6.07) is 42.9. The standard InChI is InChI=1S/C55H32Cl2F6O6/c56-43-19-7-33(8-20-43)49(64)37-3-1-5-39(31-37)51(66)35-11-23-45(24-12-35)68-47-27-15-41(16-28-47)53(54(58,59)60,55(61,62)63)42-17-29-48(30-18-42)69-46-25-13-36(14-26-46)52(67)40-6-2-4-38(32-40)50(65)34-9-21-44(57)22-10-34/h1-32H. The van der Waals surface area contributed by atoms with E-state index in [1.54, 1.807) is 84.9 Å². The van der Waals surface area contributed by atoms with E-state index >= 15 is 26.3 Å². The molecule has 8 aromatic rings. The summed E-state index contributed by atoms with van der Waals surface area (Å²) in [4.78, 5) is 52.7. The molecule has 0 fully saturated rings. The lowest BCUT2D eigenvalue weighted by Crippen LogP contribution is -2.54. The van der Waals surface area contributed by atoms with Gasteiger partial charge in [0.15, 0.2) is 23.1 Å². The average Bonchev–Trinajstić information content (AvgIpc) is 3.34. The maximum absolute atomic E-state index is 15.0. The van der Waals surface area contributed by atoms with Gasteiger partial charge in [0.1, 0.15) is 23.0 Å². The normalized spacial score (nSPS) is 11.7. The van der Waals surface area contributed by atoms with Crippen LogP contribution < -0.4 is 9.47 Å². The molecule has 14 heteroatoms. The number of carbonyl (C=O) groups is 4. The Labute approximate surface area is 400 Å². The molecule has 0 aliphatic rings. The van der Waals surface area contributed by atoms with Gasteiger partial charge in [0.25, 0.3) is 0 Å². The van der Waals surface area contributed by atoms with Crippen molar-refractivity contribution in [3.05, 3.63) is 260 Å². The van der Waals surface area contributed by atoms with E-state index in [0.717, 1.165) is 24.3 Å². The highest BCUT2D eigenvalue weighted by Crippen LogP contribution is 2.56. The third kappa shape index (κ3) is 10.1. The predicted octanol–water partition coefficient (Wildman–Crippen LogP) is 14.9. The van der Waals surface area contributed by atoms with Gasteiger partial charge in [-0.15, -0.1) is 0 Å². The second kappa shape index (κ2) is 19.4. The van der Waals surface area contributed by atoms with Crippen LogP contribution in [0.1, 0.15) is 74.8 Å². The lowest BCUT2D eigenvalue weighted by molar-refractivity contribution is -0.288. The van der Waals surface area contributed by atoms with Gasteiger partial charge in [-0.1, -0.05) is 83.9 Å². The Morgan fingerprint density at radius 2 is 0.551 bits per heavy atom. The van der Waals surface area contributed by atoms with Gasteiger partial charge in [0.2, 0.25) is 5.41 Å². The Balaban J connectivity index is 0.950. The van der Waals surface area contributed by atoms with E-state index < -0.39 is 40.5 Å². The van der Waals surface area contributed by atoms with Gasteiger partial charge >= 0.3 is 12.4 Å². The minimum Gasteiger partial charge on any atom is -0.457 e. The molecule has 0 radical (unpaired) electrons. The van der Waals surface area contributed by atoms with Gasteiger partial charge in [-0.2, -0.15) is 26.3 Å². The van der Waals surface area contributed by atoms with E-state index in [9.17, 15) is 19.2 Å². The van der Waals surface area contributed by atoms with Crippen LogP contribution in [0.3, 0.4) is 0 Å². The zero-order chi connectivity index (χ0) is 49.1. The van der Waals surface area contributed by atoms with Crippen molar-refractivity contribution in [2.45, 2.75) is 17.8 Å². The molecule has 0 saturated carbocycles. The van der Waals surface area contributed by atoms with Crippen molar-refractivity contribution in [3.8, 4) is 23.0 Å². The molecule has 0 atom stereocenters. The number of rotatable bonds is 14. The Morgan fingerprint density at radius 3 is 0.797 bits per heavy atom. The van der Waals surface area contributed by atoms with Crippen LogP contribution >= 0.6 is 23.2 Å². The first-order valence-electron chi connectivity index (χ1n) is 20.7. The first kappa shape index (κ1) is 47.7. The quantitative estimate of drug-likeness (QED) is 0.0797. The molecule has 0 amide bonds. The molecule has 69 heavy (non-hydrogen) atoms. The molecule has 0 saturated heterocycles. The van der Waals surface area contributed by atoms with E-state index in [1.165, 1.54) is 60.7 Å². The third-order valence-corrected chi connectivity index (χ3v) is 11.6. The fourth-order valence-electron chi connectivity index (χ4n) is 7.62. The van der Waals surface area contributed by atoms with E-state index in [-0.39, 0.29) is 67.9 Å². The van der Waals surface area contributed by atoms with Gasteiger partial charge in [-0.25, -0.2) is 0 Å². The van der Waals surface area contributed by atoms with Crippen molar-refractivity contribution in [1.82, 2.24) is 0 Å². The molecule has 6 nitrogen and oxygen atoms in total. The van der Waals surface area contributed by atoms with E-state index in [2.05, 4.69) is 0 Å². The van der Waals surface area contributed by atoms with Crippen LogP contribution in [0.5, 0.6) is 23.0 Å². The Bertz CT molecular complexity index is 2970. The summed E-state index contributed by atoms with van der Waals surface area (Å²) in [6.07, 6.45) is -11.7. The van der Waals surface area contributed by atoms with Crippen molar-refractivity contribution in [2.75, 3.05) is 0 Å². The van der Waals surface area contributed by atoms with E-state index in [0.29, 0.717) is 45.4 Å². The van der Waals surface area contributed by atoms with Crippen molar-refractivity contribution in [1.29, 1.82) is 0 Å². The molecular weight excluding hydrogens is 941 g/mol. The highest BCUT2D eigenvalue weighted by atomic mass is 35.5. The number of halogens is 8. The summed E-state index contributed by atoms with van der Waals surface area (Å²) in [5.74, 6) is -1.36. The Morgan fingerprint density at radius 1 is 0.319 bits per heavy atom. The van der Waals surface area contributed by atoms with Gasteiger partial charge in [0.05, 0.1) is 0 Å². The first-order chi connectivity index (χ1) is 32.9. The van der Waals surface area contributed by atoms with Crippen molar-refractivity contribution in [3.63, 3.8) is 0 Å². The Hall–Kier alpha value is -7.80. The molecule has 0 bridgehead atoms. The molecule has 0 aromatic heterocycles. The number of alkyl halides is 6. The predicted molar refractivity (Wildman–Crippen MR) is 248 cm³/mol. The molecule has 344 valence electrons. The fraction of sp³-hybridized carbons (Fsp3) is 0.0545. The molecule has 0 aliphatic heterocycles. The smallest absolute Gasteiger partial charge is 0.411 e. The Kier molecular flexibility index (Phi) is 13.4. The maximum atomic E-state index is 15.0. The number of hydrogen-bond donors (Lipinski definition) is 0. The van der Waals surface area contributed by atoms with Crippen LogP contribution in [0.25, 0.3) is 0 Å². The summed E-state index contributed by atoms with van der Waals surface area (Å²) < 4.78 is 102. The van der Waals surface area contributed by atoms with Gasteiger partial charge < -0.3 is 9.47 Å². The van der Waals surface area contributed by atoms with Crippen LogP contribution in [0.4, 0.5) is 26.3 Å². The summed E-state index contributed by atoms with van der Waals surface area (Å²) in [7, 11) is 0. The minimum atomic E-state index is -5.87. The van der Waals surface area contributed by atoms with E-state index in [4.69, 9.17) is 32.7 Å². The van der Waals surface area contributed by atoms with Crippen LogP contribution in [0, 0.1) is 0 Å². The number of benzene rings is 8. The molecule has 8 rings (SSSR count). The van der Waals surface area contributed by atoms with Gasteiger partial charge in [-0.3, -0.25) is 19.2 Å². The van der Waals surface area contributed by atoms with Crippen molar-refractivity contribution >= 4 is 46.3 Å². The molecular formula is C55H32Cl2F6O6. The second-order valence-electron chi connectivity index (χ2n) is 15.5. The third-order valence-electron chi connectivity index (χ3n) is 11.1. The first-order valence-corrected chi connectivity index (χ1v) is 21.5. The zero-order valence-electron chi connectivity index (χ0n) is 35.4. The summed E-state index contributed by atoms with van der Waals surface area (Å²) in [6.45, 7) is 0. The van der Waals surface area contributed by atoms with Gasteiger partial charge in [-0.05, 0) is 145 Å². The van der Waals surface area contributed by atoms with E-state index in [1.807, 2.05) is 0 Å². The van der Waals surface area contributed by atoms with Gasteiger partial charge in [0, 0.05) is 54.6 Å². The maximum Gasteiger partial charge on any atom is 0.411 e. The summed E-state index contributed by atoms with van der Waals surface area (Å²) in [5.41, 5.74) is -4.50. The zero-order valence-corrected chi connectivity index (χ0v) is 37.0. The molecule has 0 spiro atoms. The molecule has 0 aliphatic carbocycles. The van der Waals surface area contributed by atoms with Crippen LogP contribution in [0.2, 0.25) is 10.0 Å². The highest BCUT2D eigenvalue weighted by molar-refractivity contribution is 6.31. The largest absolute Gasteiger partial charge is 0.457 e. The number of ketones is 4. The van der Waals surface area contributed by atoms with Crippen LogP contribution in [0.15, 0.2) is 194 Å². The average molecular weight is 974 g/mol. The molecule has 0 N–H and O–H groups in total. The highest BCUT2D eigenvalue weighted by Gasteiger charge is 2.72. The number of carbonyl (C=O) groups excluding carboxylic acids is 4. The molecule has 0 unspecified atom stereocenters. The number of hydrogen-bond acceptors (Lipinski definition) is 6. The van der Waals surface area contributed by atoms with Crippen LogP contribution in [-0.2, 0) is 5.41 Å². The summed E-state index contributed by atoms with van der Waals surface area (Å²) in [5, 5.41) is 0.921. The topological polar surface area (TPSA) is 86.7 Å². The monoisotopic (exact) mass is 972 g/mol. The molecule has 8 aromatic carbocycles. The van der Waals surface area contributed by atoms with Crippen LogP contribution in [-0.4, -0.2) is 35.5 Å². The lowest BCUT2D eigenvalue weighted by Gasteiger charge is -2.38. The van der Waals surface area contributed by atoms with Crippen molar-refractivity contribution < 1.29 is 55.0 Å². The molecule has 0 heterocycles. The lowest BCUT2D eigenvalue weighted by atomic mass is 9.73. The number of ether oxygens (including phenoxy) is 2. The summed E-state index contributed by atoms with van der Waals surface area (Å²) >= 11 is 11.9.